The van der Waals surface area contributed by atoms with Crippen molar-refractivity contribution in [3.8, 4) is 0 Å². The number of carbonyl (C=O) groups is 2. The normalized spacial score (nSPS) is 10.2. The van der Waals surface area contributed by atoms with Gasteiger partial charge in [-0.2, -0.15) is 0 Å². The van der Waals surface area contributed by atoms with Crippen molar-refractivity contribution in [3.05, 3.63) is 95.3 Å². The van der Waals surface area contributed by atoms with Crippen LogP contribution < -0.4 is 10.6 Å². The van der Waals surface area contributed by atoms with E-state index in [1.165, 1.54) is 12.3 Å². The van der Waals surface area contributed by atoms with E-state index < -0.39 is 0 Å². The van der Waals surface area contributed by atoms with Crippen LogP contribution in [0.4, 0.5) is 5.69 Å². The van der Waals surface area contributed by atoms with Crippen LogP contribution >= 0.6 is 0 Å². The van der Waals surface area contributed by atoms with Crippen LogP contribution in [0.15, 0.2) is 72.9 Å². The van der Waals surface area contributed by atoms with Gasteiger partial charge in [-0.25, -0.2) is 0 Å². The number of nitrogens with one attached hydrogen (secondary N) is 2. The fraction of sp³-hybridized carbons (Fsp3) is 0.0952. The number of hydrogen-bond donors (Lipinski definition) is 2. The summed E-state index contributed by atoms with van der Waals surface area (Å²) in [6, 6.07) is 20.2. The average Bonchev–Trinajstić information content (AvgIpc) is 2.69. The molecule has 26 heavy (non-hydrogen) atoms. The SMILES string of the molecule is Cc1ccccc1NC(=O)c1cc(C(=O)NCc2ccccc2)ccn1. The van der Waals surface area contributed by atoms with Crippen LogP contribution in [0, 0.1) is 6.92 Å². The Labute approximate surface area is 152 Å². The van der Waals surface area contributed by atoms with Crippen LogP contribution in [0.2, 0.25) is 0 Å². The minimum absolute atomic E-state index is 0.195. The van der Waals surface area contributed by atoms with Gasteiger partial charge < -0.3 is 10.6 Å². The second kappa shape index (κ2) is 8.07. The zero-order chi connectivity index (χ0) is 18.4. The Kier molecular flexibility index (Phi) is 5.39. The number of hydrogen-bond acceptors (Lipinski definition) is 3. The third kappa shape index (κ3) is 4.33. The number of rotatable bonds is 5. The molecular formula is C21H19N3O2. The Morgan fingerprint density at radius 3 is 2.42 bits per heavy atom. The molecule has 1 heterocycles. The number of aromatic nitrogens is 1. The van der Waals surface area contributed by atoms with Crippen molar-refractivity contribution in [1.29, 1.82) is 0 Å². The van der Waals surface area contributed by atoms with Crippen molar-refractivity contribution in [2.75, 3.05) is 5.32 Å². The molecule has 0 radical (unpaired) electrons. The lowest BCUT2D eigenvalue weighted by Gasteiger charge is -2.09. The molecule has 1 aromatic heterocycles. The molecule has 5 nitrogen and oxygen atoms in total. The maximum atomic E-state index is 12.4. The van der Waals surface area contributed by atoms with Crippen molar-refractivity contribution < 1.29 is 9.59 Å². The minimum Gasteiger partial charge on any atom is -0.348 e. The third-order valence-corrected chi connectivity index (χ3v) is 3.94. The van der Waals surface area contributed by atoms with Crippen molar-refractivity contribution in [2.45, 2.75) is 13.5 Å². The second-order valence-electron chi connectivity index (χ2n) is 5.87. The Morgan fingerprint density at radius 2 is 1.65 bits per heavy atom. The Bertz CT molecular complexity index is 923. The summed E-state index contributed by atoms with van der Waals surface area (Å²) < 4.78 is 0. The number of carbonyl (C=O) groups excluding carboxylic acids is 2. The summed E-state index contributed by atoms with van der Waals surface area (Å²) >= 11 is 0. The summed E-state index contributed by atoms with van der Waals surface area (Å²) in [5.74, 6) is -0.599. The van der Waals surface area contributed by atoms with Crippen LogP contribution in [0.5, 0.6) is 0 Å². The number of aryl methyl sites for hydroxylation is 1. The molecule has 130 valence electrons. The number of amides is 2. The molecule has 0 aliphatic heterocycles. The highest BCUT2D eigenvalue weighted by Crippen LogP contribution is 2.14. The summed E-state index contributed by atoms with van der Waals surface area (Å²) in [5, 5.41) is 5.66. The van der Waals surface area contributed by atoms with E-state index in [1.54, 1.807) is 6.07 Å². The molecule has 0 spiro atoms. The summed E-state index contributed by atoms with van der Waals surface area (Å²) in [5.41, 5.74) is 3.27. The predicted molar refractivity (Wildman–Crippen MR) is 101 cm³/mol. The maximum Gasteiger partial charge on any atom is 0.274 e. The largest absolute Gasteiger partial charge is 0.348 e. The summed E-state index contributed by atoms with van der Waals surface area (Å²) in [7, 11) is 0. The van der Waals surface area contributed by atoms with Crippen LogP contribution in [-0.2, 0) is 6.54 Å². The van der Waals surface area contributed by atoms with Gasteiger partial charge in [0, 0.05) is 24.0 Å². The fourth-order valence-electron chi connectivity index (χ4n) is 2.48. The van der Waals surface area contributed by atoms with E-state index in [0.717, 1.165) is 16.8 Å². The molecule has 2 N–H and O–H groups in total. The second-order valence-corrected chi connectivity index (χ2v) is 5.87. The molecule has 2 aromatic carbocycles. The van der Waals surface area contributed by atoms with Crippen LogP contribution in [-0.4, -0.2) is 16.8 Å². The Morgan fingerprint density at radius 1 is 0.923 bits per heavy atom. The first-order valence-electron chi connectivity index (χ1n) is 8.28. The van der Waals surface area contributed by atoms with Crippen LogP contribution in [0.1, 0.15) is 32.0 Å². The van der Waals surface area contributed by atoms with E-state index in [2.05, 4.69) is 15.6 Å². The van der Waals surface area contributed by atoms with Gasteiger partial charge in [-0.05, 0) is 36.2 Å². The molecule has 0 unspecified atom stereocenters. The van der Waals surface area contributed by atoms with Gasteiger partial charge in [0.15, 0.2) is 0 Å². The Hall–Kier alpha value is -3.47. The first-order valence-corrected chi connectivity index (χ1v) is 8.28. The summed E-state index contributed by atoms with van der Waals surface area (Å²) in [6.07, 6.45) is 1.46. The lowest BCUT2D eigenvalue weighted by atomic mass is 10.1. The number of pyridine rings is 1. The molecule has 5 heteroatoms. The van der Waals surface area contributed by atoms with Gasteiger partial charge in [-0.15, -0.1) is 0 Å². The van der Waals surface area contributed by atoms with E-state index in [9.17, 15) is 9.59 Å². The summed E-state index contributed by atoms with van der Waals surface area (Å²) in [4.78, 5) is 28.8. The highest BCUT2D eigenvalue weighted by Gasteiger charge is 2.12. The van der Waals surface area contributed by atoms with Crippen molar-refractivity contribution in [1.82, 2.24) is 10.3 Å². The standard InChI is InChI=1S/C21H19N3O2/c1-15-7-5-6-10-18(15)24-21(26)19-13-17(11-12-22-19)20(25)23-14-16-8-3-2-4-9-16/h2-13H,14H2,1H3,(H,23,25)(H,24,26). The fourth-order valence-corrected chi connectivity index (χ4v) is 2.48. The molecule has 0 fully saturated rings. The van der Waals surface area contributed by atoms with E-state index in [1.807, 2.05) is 61.5 Å². The highest BCUT2D eigenvalue weighted by atomic mass is 16.2. The van der Waals surface area contributed by atoms with Crippen molar-refractivity contribution in [3.63, 3.8) is 0 Å². The first-order chi connectivity index (χ1) is 12.6. The Balaban J connectivity index is 1.68. The monoisotopic (exact) mass is 345 g/mol. The zero-order valence-electron chi connectivity index (χ0n) is 14.4. The predicted octanol–water partition coefficient (Wildman–Crippen LogP) is 3.57. The number of para-hydroxylation sites is 1. The molecule has 0 aliphatic rings. The maximum absolute atomic E-state index is 12.4. The van der Waals surface area contributed by atoms with Gasteiger partial charge in [0.1, 0.15) is 5.69 Å². The smallest absolute Gasteiger partial charge is 0.274 e. The van der Waals surface area contributed by atoms with E-state index in [0.29, 0.717) is 12.1 Å². The minimum atomic E-state index is -0.350. The third-order valence-electron chi connectivity index (χ3n) is 3.94. The molecular weight excluding hydrogens is 326 g/mol. The molecule has 3 aromatic rings. The van der Waals surface area contributed by atoms with Gasteiger partial charge in [-0.1, -0.05) is 48.5 Å². The number of anilines is 1. The van der Waals surface area contributed by atoms with Gasteiger partial charge in [0.25, 0.3) is 11.8 Å². The van der Waals surface area contributed by atoms with Gasteiger partial charge in [-0.3, -0.25) is 14.6 Å². The van der Waals surface area contributed by atoms with Crippen LogP contribution in [0.25, 0.3) is 0 Å². The number of benzene rings is 2. The average molecular weight is 345 g/mol. The molecule has 0 bridgehead atoms. The zero-order valence-corrected chi connectivity index (χ0v) is 14.4. The van der Waals surface area contributed by atoms with Gasteiger partial charge in [0.2, 0.25) is 0 Å². The van der Waals surface area contributed by atoms with E-state index >= 15 is 0 Å². The topological polar surface area (TPSA) is 71.1 Å². The number of nitrogens with zero attached hydrogens (tertiary/aromatic N) is 1. The molecule has 0 saturated carbocycles. The van der Waals surface area contributed by atoms with E-state index in [4.69, 9.17) is 0 Å². The highest BCUT2D eigenvalue weighted by molar-refractivity contribution is 6.05. The lowest BCUT2D eigenvalue weighted by molar-refractivity contribution is 0.0951. The molecule has 2 amide bonds. The van der Waals surface area contributed by atoms with Crippen molar-refractivity contribution in [2.24, 2.45) is 0 Å². The molecule has 0 saturated heterocycles. The van der Waals surface area contributed by atoms with E-state index in [-0.39, 0.29) is 17.5 Å². The first kappa shape index (κ1) is 17.4. The van der Waals surface area contributed by atoms with Crippen molar-refractivity contribution >= 4 is 17.5 Å². The molecule has 0 aliphatic carbocycles. The molecule has 3 rings (SSSR count). The van der Waals surface area contributed by atoms with Crippen LogP contribution in [0.3, 0.4) is 0 Å². The van der Waals surface area contributed by atoms with Gasteiger partial charge >= 0.3 is 0 Å². The lowest BCUT2D eigenvalue weighted by Crippen LogP contribution is -2.23. The van der Waals surface area contributed by atoms with Gasteiger partial charge in [0.05, 0.1) is 0 Å². The molecule has 0 atom stereocenters. The quantitative estimate of drug-likeness (QED) is 0.742. The summed E-state index contributed by atoms with van der Waals surface area (Å²) in [6.45, 7) is 2.34.